The van der Waals surface area contributed by atoms with E-state index in [-0.39, 0.29) is 10.6 Å². The summed E-state index contributed by atoms with van der Waals surface area (Å²) in [4.78, 5) is 11.8. The van der Waals surface area contributed by atoms with Crippen molar-refractivity contribution in [2.45, 2.75) is 4.90 Å². The Labute approximate surface area is 141 Å². The monoisotopic (exact) mass is 373 g/mol. The Balaban J connectivity index is 2.13. The molecule has 0 atom stereocenters. The van der Waals surface area contributed by atoms with E-state index in [0.29, 0.717) is 15.6 Å². The summed E-state index contributed by atoms with van der Waals surface area (Å²) < 4.78 is 24.0. The zero-order valence-corrected chi connectivity index (χ0v) is 13.6. The molecule has 10 heteroatoms. The summed E-state index contributed by atoms with van der Waals surface area (Å²) in [5.74, 6) is 0. The van der Waals surface area contributed by atoms with Crippen molar-refractivity contribution in [3.05, 3.63) is 68.2 Å². The summed E-state index contributed by atoms with van der Waals surface area (Å²) in [5, 5.41) is 14.8. The second-order valence-electron chi connectivity index (χ2n) is 4.28. The van der Waals surface area contributed by atoms with Gasteiger partial charge in [0.15, 0.2) is 0 Å². The van der Waals surface area contributed by atoms with E-state index < -0.39 is 14.9 Å². The van der Waals surface area contributed by atoms with E-state index in [2.05, 4.69) is 5.10 Å². The average Bonchev–Trinajstić information content (AvgIpc) is 2.51. The molecule has 120 valence electrons. The highest BCUT2D eigenvalue weighted by atomic mass is 35.5. The van der Waals surface area contributed by atoms with Gasteiger partial charge in [-0.15, -0.1) is 0 Å². The molecular weight excluding hydrogens is 365 g/mol. The van der Waals surface area contributed by atoms with E-state index in [1.54, 1.807) is 12.1 Å². The Hall–Kier alpha value is -2.16. The van der Waals surface area contributed by atoms with Gasteiger partial charge in [-0.2, -0.15) is 13.5 Å². The Kier molecular flexibility index (Phi) is 5.19. The van der Waals surface area contributed by atoms with Crippen LogP contribution < -0.4 is 4.83 Å². The normalized spacial score (nSPS) is 11.6. The van der Waals surface area contributed by atoms with Crippen molar-refractivity contribution in [2.24, 2.45) is 5.10 Å². The largest absolute Gasteiger partial charge is 0.276 e. The Morgan fingerprint density at radius 3 is 2.30 bits per heavy atom. The molecule has 1 N–H and O–H groups in total. The number of hydrazone groups is 1. The summed E-state index contributed by atoms with van der Waals surface area (Å²) in [5.41, 5.74) is 0.342. The number of non-ortho nitro benzene ring substituents is 1. The van der Waals surface area contributed by atoms with Crippen LogP contribution in [-0.4, -0.2) is 19.6 Å². The quantitative estimate of drug-likeness (QED) is 0.493. The van der Waals surface area contributed by atoms with Crippen LogP contribution >= 0.6 is 23.2 Å². The number of nitro groups is 1. The summed E-state index contributed by atoms with van der Waals surface area (Å²) in [6.07, 6.45) is 1.26. The van der Waals surface area contributed by atoms with Crippen LogP contribution in [0.25, 0.3) is 0 Å². The van der Waals surface area contributed by atoms with Crippen LogP contribution in [-0.2, 0) is 10.0 Å². The number of halogens is 2. The third-order valence-electron chi connectivity index (χ3n) is 2.69. The summed E-state index contributed by atoms with van der Waals surface area (Å²) in [7, 11) is -3.92. The van der Waals surface area contributed by atoms with Crippen LogP contribution in [0.3, 0.4) is 0 Å². The number of hydrogen-bond acceptors (Lipinski definition) is 5. The molecule has 0 saturated carbocycles. The first-order chi connectivity index (χ1) is 10.8. The second-order valence-corrected chi connectivity index (χ2v) is 6.75. The summed E-state index contributed by atoms with van der Waals surface area (Å²) >= 11 is 11.6. The first kappa shape index (κ1) is 17.2. The number of nitrogens with zero attached hydrogens (tertiary/aromatic N) is 2. The van der Waals surface area contributed by atoms with E-state index in [4.69, 9.17) is 23.2 Å². The maximum Gasteiger partial charge on any atom is 0.276 e. The second kappa shape index (κ2) is 6.95. The van der Waals surface area contributed by atoms with Gasteiger partial charge in [-0.25, -0.2) is 4.83 Å². The van der Waals surface area contributed by atoms with Crippen molar-refractivity contribution >= 4 is 45.1 Å². The molecule has 0 radical (unpaired) electrons. The molecule has 2 aromatic carbocycles. The number of nitrogens with one attached hydrogen (secondary N) is 1. The molecule has 0 amide bonds. The molecule has 0 heterocycles. The maximum absolute atomic E-state index is 12.0. The minimum absolute atomic E-state index is 0.144. The van der Waals surface area contributed by atoms with Crippen LogP contribution in [0.5, 0.6) is 0 Å². The van der Waals surface area contributed by atoms with Gasteiger partial charge in [0.1, 0.15) is 0 Å². The number of benzene rings is 2. The average molecular weight is 374 g/mol. The fourth-order valence-corrected chi connectivity index (χ4v) is 2.66. The first-order valence-electron chi connectivity index (χ1n) is 6.04. The van der Waals surface area contributed by atoms with Gasteiger partial charge in [-0.3, -0.25) is 10.1 Å². The number of rotatable bonds is 5. The van der Waals surface area contributed by atoms with E-state index in [1.165, 1.54) is 12.3 Å². The zero-order chi connectivity index (χ0) is 17.0. The molecule has 0 aliphatic rings. The van der Waals surface area contributed by atoms with Crippen molar-refractivity contribution in [2.75, 3.05) is 0 Å². The minimum atomic E-state index is -3.92. The third kappa shape index (κ3) is 4.41. The molecule has 2 aromatic rings. The van der Waals surface area contributed by atoms with Crippen LogP contribution in [0, 0.1) is 10.1 Å². The third-order valence-corrected chi connectivity index (χ3v) is 4.67. The predicted octanol–water partition coefficient (Wildman–Crippen LogP) is 3.21. The van der Waals surface area contributed by atoms with Crippen molar-refractivity contribution < 1.29 is 13.3 Å². The van der Waals surface area contributed by atoms with Crippen LogP contribution in [0.15, 0.2) is 52.5 Å². The number of sulfonamides is 1. The standard InChI is InChI=1S/C13H9Cl2N3O4S/c14-12-6-1-9(7-13(12)15)8-16-17-23(21,22)11-4-2-10(3-5-11)18(19)20/h1-8,17H/b16-8-. The van der Waals surface area contributed by atoms with E-state index >= 15 is 0 Å². The van der Waals surface area contributed by atoms with E-state index in [0.717, 1.165) is 24.3 Å². The number of nitro benzene ring substituents is 1. The molecule has 2 rings (SSSR count). The molecule has 7 nitrogen and oxygen atoms in total. The molecule has 0 aliphatic carbocycles. The van der Waals surface area contributed by atoms with Crippen molar-refractivity contribution in [3.8, 4) is 0 Å². The summed E-state index contributed by atoms with van der Waals surface area (Å²) in [6, 6.07) is 9.11. The van der Waals surface area contributed by atoms with Gasteiger partial charge in [0.2, 0.25) is 0 Å². The highest BCUT2D eigenvalue weighted by molar-refractivity contribution is 7.89. The lowest BCUT2D eigenvalue weighted by atomic mass is 10.2. The van der Waals surface area contributed by atoms with Crippen LogP contribution in [0.4, 0.5) is 5.69 Å². The maximum atomic E-state index is 12.0. The molecule has 0 aromatic heterocycles. The van der Waals surface area contributed by atoms with Crippen molar-refractivity contribution in [1.29, 1.82) is 0 Å². The molecule has 0 bridgehead atoms. The fourth-order valence-electron chi connectivity index (χ4n) is 1.56. The smallest absolute Gasteiger partial charge is 0.258 e. The topological polar surface area (TPSA) is 102 Å². The van der Waals surface area contributed by atoms with Gasteiger partial charge >= 0.3 is 0 Å². The van der Waals surface area contributed by atoms with Gasteiger partial charge in [0, 0.05) is 12.1 Å². The lowest BCUT2D eigenvalue weighted by molar-refractivity contribution is -0.384. The van der Waals surface area contributed by atoms with Gasteiger partial charge in [-0.1, -0.05) is 29.3 Å². The molecule has 0 unspecified atom stereocenters. The van der Waals surface area contributed by atoms with Gasteiger partial charge < -0.3 is 0 Å². The highest BCUT2D eigenvalue weighted by Gasteiger charge is 2.14. The number of hydrogen-bond donors (Lipinski definition) is 1. The zero-order valence-electron chi connectivity index (χ0n) is 11.3. The van der Waals surface area contributed by atoms with Crippen LogP contribution in [0.2, 0.25) is 10.0 Å². The Morgan fingerprint density at radius 1 is 1.09 bits per heavy atom. The molecule has 0 aliphatic heterocycles. The lowest BCUT2D eigenvalue weighted by Gasteiger charge is -2.03. The molecular formula is C13H9Cl2N3O4S. The van der Waals surface area contributed by atoms with Crippen LogP contribution in [0.1, 0.15) is 5.56 Å². The van der Waals surface area contributed by atoms with E-state index in [1.807, 2.05) is 4.83 Å². The SMILES string of the molecule is O=[N+]([O-])c1ccc(S(=O)(=O)N/N=C\c2ccc(Cl)c(Cl)c2)cc1. The van der Waals surface area contributed by atoms with Crippen molar-refractivity contribution in [3.63, 3.8) is 0 Å². The molecule has 0 spiro atoms. The first-order valence-corrected chi connectivity index (χ1v) is 8.28. The van der Waals surface area contributed by atoms with Gasteiger partial charge in [-0.05, 0) is 29.8 Å². The lowest BCUT2D eigenvalue weighted by Crippen LogP contribution is -2.18. The Morgan fingerprint density at radius 2 is 1.74 bits per heavy atom. The highest BCUT2D eigenvalue weighted by Crippen LogP contribution is 2.21. The summed E-state index contributed by atoms with van der Waals surface area (Å²) in [6.45, 7) is 0. The van der Waals surface area contributed by atoms with Gasteiger partial charge in [0.05, 0.1) is 26.1 Å². The molecule has 23 heavy (non-hydrogen) atoms. The predicted molar refractivity (Wildman–Crippen MR) is 87.5 cm³/mol. The van der Waals surface area contributed by atoms with Gasteiger partial charge in [0.25, 0.3) is 15.7 Å². The van der Waals surface area contributed by atoms with E-state index in [9.17, 15) is 18.5 Å². The Bertz CT molecular complexity index is 867. The molecule has 0 saturated heterocycles. The van der Waals surface area contributed by atoms with Crippen molar-refractivity contribution in [1.82, 2.24) is 4.83 Å². The minimum Gasteiger partial charge on any atom is -0.258 e. The molecule has 0 fully saturated rings. The fraction of sp³-hybridized carbons (Fsp3) is 0.